The number of nitrogens with one attached hydrogen (secondary N) is 1. The fourth-order valence-electron chi connectivity index (χ4n) is 3.27. The molecule has 0 bridgehead atoms. The predicted molar refractivity (Wildman–Crippen MR) is 128 cm³/mol. The van der Waals surface area contributed by atoms with Crippen LogP contribution in [0.3, 0.4) is 0 Å². The highest BCUT2D eigenvalue weighted by Gasteiger charge is 2.15. The number of fused-ring (bicyclic) bond motifs is 1. The average molecular weight is 465 g/mol. The molecule has 0 fully saturated rings. The molecule has 0 aliphatic heterocycles. The molecule has 1 N–H and O–H groups in total. The molecule has 0 unspecified atom stereocenters. The number of halogens is 2. The Morgan fingerprint density at radius 1 is 0.938 bits per heavy atom. The third kappa shape index (κ3) is 4.59. The number of carbonyl (C=O) groups excluding carboxylic acids is 2. The number of amides is 1. The van der Waals surface area contributed by atoms with Crippen LogP contribution in [-0.2, 0) is 4.74 Å². The zero-order valence-electron chi connectivity index (χ0n) is 17.1. The van der Waals surface area contributed by atoms with Crippen molar-refractivity contribution in [3.05, 3.63) is 94.0 Å². The maximum atomic E-state index is 13.2. The van der Waals surface area contributed by atoms with E-state index in [9.17, 15) is 9.59 Å². The minimum absolute atomic E-state index is 0.297. The predicted octanol–water partition coefficient (Wildman–Crippen LogP) is 6.64. The summed E-state index contributed by atoms with van der Waals surface area (Å²) in [5.74, 6) is -0.703. The van der Waals surface area contributed by atoms with Crippen molar-refractivity contribution in [3.8, 4) is 11.3 Å². The minimum Gasteiger partial charge on any atom is -0.462 e. The van der Waals surface area contributed by atoms with E-state index in [2.05, 4.69) is 10.3 Å². The van der Waals surface area contributed by atoms with Gasteiger partial charge in [-0.25, -0.2) is 9.78 Å². The molecule has 5 nitrogen and oxygen atoms in total. The minimum atomic E-state index is -0.406. The van der Waals surface area contributed by atoms with E-state index in [0.717, 1.165) is 10.9 Å². The summed E-state index contributed by atoms with van der Waals surface area (Å²) in [6.45, 7) is 2.05. The molecule has 1 aromatic heterocycles. The molecular formula is C25H18Cl2N2O3. The summed E-state index contributed by atoms with van der Waals surface area (Å²) in [6, 6.07) is 20.9. The largest absolute Gasteiger partial charge is 0.462 e. The summed E-state index contributed by atoms with van der Waals surface area (Å²) in [5, 5.41) is 4.46. The van der Waals surface area contributed by atoms with E-state index in [1.54, 1.807) is 55.5 Å². The van der Waals surface area contributed by atoms with Crippen molar-refractivity contribution in [3.63, 3.8) is 0 Å². The van der Waals surface area contributed by atoms with Gasteiger partial charge in [0.25, 0.3) is 5.91 Å². The summed E-state index contributed by atoms with van der Waals surface area (Å²) in [7, 11) is 0. The second-order valence-electron chi connectivity index (χ2n) is 6.95. The van der Waals surface area contributed by atoms with Crippen molar-refractivity contribution in [2.24, 2.45) is 0 Å². The van der Waals surface area contributed by atoms with E-state index in [1.165, 1.54) is 0 Å². The van der Waals surface area contributed by atoms with Gasteiger partial charge in [-0.2, -0.15) is 0 Å². The molecule has 0 atom stereocenters. The second-order valence-corrected chi connectivity index (χ2v) is 7.77. The van der Waals surface area contributed by atoms with Gasteiger partial charge in [-0.1, -0.05) is 47.5 Å². The van der Waals surface area contributed by atoms with Crippen LogP contribution in [0.1, 0.15) is 27.6 Å². The lowest BCUT2D eigenvalue weighted by atomic mass is 10.0. The highest BCUT2D eigenvalue weighted by molar-refractivity contribution is 6.42. The van der Waals surface area contributed by atoms with E-state index in [0.29, 0.717) is 44.7 Å². The first-order valence-corrected chi connectivity index (χ1v) is 10.7. The van der Waals surface area contributed by atoms with E-state index >= 15 is 0 Å². The number of rotatable bonds is 5. The molecule has 3 aromatic carbocycles. The van der Waals surface area contributed by atoms with E-state index < -0.39 is 5.97 Å². The molecule has 0 spiro atoms. The Morgan fingerprint density at radius 3 is 2.41 bits per heavy atom. The fraction of sp³-hybridized carbons (Fsp3) is 0.0800. The van der Waals surface area contributed by atoms with Crippen LogP contribution in [0.2, 0.25) is 10.0 Å². The number of ether oxygens (including phenoxy) is 1. The number of carbonyl (C=O) groups is 2. The average Bonchev–Trinajstić information content (AvgIpc) is 2.80. The van der Waals surface area contributed by atoms with Crippen LogP contribution in [0.25, 0.3) is 22.2 Å². The second kappa shape index (κ2) is 9.39. The molecule has 32 heavy (non-hydrogen) atoms. The number of pyridine rings is 1. The number of aromatic nitrogens is 1. The zero-order chi connectivity index (χ0) is 22.7. The fourth-order valence-corrected chi connectivity index (χ4v) is 3.57. The number of hydrogen-bond acceptors (Lipinski definition) is 4. The first-order valence-electron chi connectivity index (χ1n) is 9.90. The maximum Gasteiger partial charge on any atom is 0.338 e. The Labute approximate surface area is 194 Å². The van der Waals surface area contributed by atoms with E-state index in [1.807, 2.05) is 24.3 Å². The smallest absolute Gasteiger partial charge is 0.338 e. The van der Waals surface area contributed by atoms with Crippen LogP contribution in [0.4, 0.5) is 5.69 Å². The molecule has 0 radical (unpaired) electrons. The molecular weight excluding hydrogens is 447 g/mol. The van der Waals surface area contributed by atoms with Gasteiger partial charge in [-0.3, -0.25) is 4.79 Å². The molecule has 1 amide bonds. The quantitative estimate of drug-likeness (QED) is 0.336. The van der Waals surface area contributed by atoms with Crippen LogP contribution in [-0.4, -0.2) is 23.5 Å². The lowest BCUT2D eigenvalue weighted by Crippen LogP contribution is -2.13. The molecule has 7 heteroatoms. The Hall–Kier alpha value is -3.41. The third-order valence-corrected chi connectivity index (χ3v) is 5.57. The molecule has 160 valence electrons. The van der Waals surface area contributed by atoms with Crippen molar-refractivity contribution < 1.29 is 14.3 Å². The summed E-state index contributed by atoms with van der Waals surface area (Å²) in [6.07, 6.45) is 0. The Bertz CT molecular complexity index is 1320. The number of esters is 1. The summed E-state index contributed by atoms with van der Waals surface area (Å²) in [5.41, 5.74) is 3.47. The van der Waals surface area contributed by atoms with Crippen LogP contribution in [0.15, 0.2) is 72.8 Å². The van der Waals surface area contributed by atoms with Gasteiger partial charge in [0.2, 0.25) is 0 Å². The number of para-hydroxylation sites is 1. The molecule has 4 rings (SSSR count). The van der Waals surface area contributed by atoms with E-state index in [-0.39, 0.29) is 5.91 Å². The highest BCUT2D eigenvalue weighted by Crippen LogP contribution is 2.30. The topological polar surface area (TPSA) is 68.3 Å². The summed E-state index contributed by atoms with van der Waals surface area (Å²) >= 11 is 12.2. The van der Waals surface area contributed by atoms with Crippen molar-refractivity contribution in [1.29, 1.82) is 0 Å². The number of anilines is 1. The van der Waals surface area contributed by atoms with Crippen LogP contribution >= 0.6 is 23.2 Å². The maximum absolute atomic E-state index is 13.2. The summed E-state index contributed by atoms with van der Waals surface area (Å²) in [4.78, 5) is 29.7. The monoisotopic (exact) mass is 464 g/mol. The molecule has 0 saturated heterocycles. The van der Waals surface area contributed by atoms with Gasteiger partial charge in [0.05, 0.1) is 39.0 Å². The van der Waals surface area contributed by atoms with Gasteiger partial charge in [0.1, 0.15) is 0 Å². The van der Waals surface area contributed by atoms with Gasteiger partial charge in [0, 0.05) is 16.6 Å². The van der Waals surface area contributed by atoms with Gasteiger partial charge in [-0.05, 0) is 55.5 Å². The zero-order valence-corrected chi connectivity index (χ0v) is 18.6. The molecule has 0 saturated carbocycles. The van der Waals surface area contributed by atoms with Crippen molar-refractivity contribution in [2.75, 3.05) is 11.9 Å². The first kappa shape index (κ1) is 21.8. The standard InChI is InChI=1S/C25H18Cl2N2O3/c1-2-32-25(31)15-7-10-17(11-8-15)28-24(30)19-14-23(16-9-12-20(26)21(27)13-16)29-22-6-4-3-5-18(19)22/h3-14H,2H2,1H3,(H,28,30). The summed E-state index contributed by atoms with van der Waals surface area (Å²) < 4.78 is 4.99. The normalized spacial score (nSPS) is 10.7. The Kier molecular flexibility index (Phi) is 6.40. The van der Waals surface area contributed by atoms with Crippen LogP contribution < -0.4 is 5.32 Å². The van der Waals surface area contributed by atoms with Crippen molar-refractivity contribution >= 4 is 51.7 Å². The van der Waals surface area contributed by atoms with Gasteiger partial charge in [-0.15, -0.1) is 0 Å². The first-order chi connectivity index (χ1) is 15.5. The van der Waals surface area contributed by atoms with Gasteiger partial charge < -0.3 is 10.1 Å². The van der Waals surface area contributed by atoms with Crippen molar-refractivity contribution in [2.45, 2.75) is 6.92 Å². The SMILES string of the molecule is CCOC(=O)c1ccc(NC(=O)c2cc(-c3ccc(Cl)c(Cl)c3)nc3ccccc23)cc1. The molecule has 4 aromatic rings. The molecule has 1 heterocycles. The number of benzene rings is 3. The van der Waals surface area contributed by atoms with Gasteiger partial charge in [0.15, 0.2) is 0 Å². The lowest BCUT2D eigenvalue weighted by molar-refractivity contribution is 0.0526. The van der Waals surface area contributed by atoms with Gasteiger partial charge >= 0.3 is 5.97 Å². The molecule has 0 aliphatic rings. The highest BCUT2D eigenvalue weighted by atomic mass is 35.5. The number of nitrogens with zero attached hydrogens (tertiary/aromatic N) is 1. The Morgan fingerprint density at radius 2 is 1.69 bits per heavy atom. The van der Waals surface area contributed by atoms with Crippen molar-refractivity contribution in [1.82, 2.24) is 4.98 Å². The number of hydrogen-bond donors (Lipinski definition) is 1. The third-order valence-electron chi connectivity index (χ3n) is 4.83. The van der Waals surface area contributed by atoms with Crippen LogP contribution in [0, 0.1) is 0 Å². The Balaban J connectivity index is 1.69. The van der Waals surface area contributed by atoms with E-state index in [4.69, 9.17) is 27.9 Å². The van der Waals surface area contributed by atoms with Crippen LogP contribution in [0.5, 0.6) is 0 Å². The lowest BCUT2D eigenvalue weighted by Gasteiger charge is -2.11. The molecule has 0 aliphatic carbocycles.